The number of unbranched alkanes of at least 4 members (excludes halogenated alkanes) is 4. The number of amides is 6. The number of anilines is 2. The monoisotopic (exact) mass is 1520 g/mol. The summed E-state index contributed by atoms with van der Waals surface area (Å²) in [5.41, 5.74) is 6.40. The maximum atomic E-state index is 13.8. The molecule has 0 bridgehead atoms. The molecule has 5 unspecified atom stereocenters. The van der Waals surface area contributed by atoms with Gasteiger partial charge in [0.25, 0.3) is 23.6 Å². The second kappa shape index (κ2) is 35.2. The summed E-state index contributed by atoms with van der Waals surface area (Å²) in [7, 11) is 12.3. The van der Waals surface area contributed by atoms with Gasteiger partial charge in [0.1, 0.15) is 13.2 Å². The lowest BCUT2D eigenvalue weighted by molar-refractivity contribution is 0.0491. The van der Waals surface area contributed by atoms with E-state index in [1.54, 1.807) is 138 Å². The van der Waals surface area contributed by atoms with Gasteiger partial charge < -0.3 is 77.2 Å². The molecule has 4 saturated heterocycles. The van der Waals surface area contributed by atoms with Gasteiger partial charge >= 0.3 is 12.2 Å². The average molecular weight is 1520 g/mol. The Labute approximate surface area is 627 Å². The van der Waals surface area contributed by atoms with E-state index in [1.807, 2.05) is 19.4 Å². The molecule has 8 aliphatic heterocycles. The van der Waals surface area contributed by atoms with Crippen molar-refractivity contribution in [3.63, 3.8) is 0 Å². The lowest BCUT2D eigenvalue weighted by atomic mass is 10.1. The molecule has 7 atom stereocenters. The highest BCUT2D eigenvalue weighted by atomic mass is 33.1. The van der Waals surface area contributed by atoms with Gasteiger partial charge in [-0.2, -0.15) is 0 Å². The van der Waals surface area contributed by atoms with E-state index < -0.39 is 36.7 Å². The van der Waals surface area contributed by atoms with E-state index in [0.29, 0.717) is 165 Å². The van der Waals surface area contributed by atoms with Crippen molar-refractivity contribution < 1.29 is 86.3 Å². The molecule has 6 amide bonds. The van der Waals surface area contributed by atoms with Gasteiger partial charge in [-0.15, -0.1) is 0 Å². The van der Waals surface area contributed by atoms with Crippen LogP contribution in [0, 0.1) is 0 Å². The lowest BCUT2D eigenvalue weighted by Crippen LogP contribution is -2.51. The summed E-state index contributed by atoms with van der Waals surface area (Å²) in [5, 5.41) is 23.1. The molecule has 0 aliphatic carbocycles. The van der Waals surface area contributed by atoms with Crippen LogP contribution in [-0.4, -0.2) is 232 Å². The quantitative estimate of drug-likeness (QED) is 0.0304. The Bertz CT molecular complexity index is 4080. The van der Waals surface area contributed by atoms with Crippen LogP contribution in [0.2, 0.25) is 0 Å². The number of carbonyl (C=O) groups excluding carboxylic acids is 6. The Morgan fingerprint density at radius 1 is 0.476 bits per heavy atom. The van der Waals surface area contributed by atoms with Gasteiger partial charge in [0.15, 0.2) is 58.5 Å². The third kappa shape index (κ3) is 17.3. The van der Waals surface area contributed by atoms with Crippen LogP contribution < -0.4 is 47.7 Å². The highest BCUT2D eigenvalue weighted by molar-refractivity contribution is 8.76. The number of benzene rings is 4. The molecule has 0 spiro atoms. The van der Waals surface area contributed by atoms with Crippen molar-refractivity contribution in [2.45, 2.75) is 113 Å². The molecule has 8 heterocycles. The number of methoxy groups -OCH3 is 4. The first-order valence-corrected chi connectivity index (χ1v) is 40.0. The fourth-order valence-electron chi connectivity index (χ4n) is 13.8. The summed E-state index contributed by atoms with van der Waals surface area (Å²) >= 11 is 0. The van der Waals surface area contributed by atoms with Crippen LogP contribution in [0.4, 0.5) is 32.3 Å². The molecule has 4 fully saturated rings. The van der Waals surface area contributed by atoms with Gasteiger partial charge in [0, 0.05) is 73.9 Å². The zero-order valence-electron chi connectivity index (χ0n) is 60.1. The van der Waals surface area contributed by atoms with Crippen molar-refractivity contribution in [1.29, 1.82) is 0 Å². The molecule has 2 N–H and O–H groups in total. The standard InChI is InChI=1S/C38H46N4O9S2.C37H44N4O9S2/c1-22-12-25-18-39-28-16-33(31(47-4)14-26(28)35(43)40(25)19-22)49-10-8-7-9-11-50-34-17-29-27(15-32(34)48-5)36(44)41-20-23(2)13-30(41)37(45)42(29)38(46)51-21-24(3)53-52-6;1-22-13-24-19-38-27-17-32(30(46-3)15-25(27)34(42)39(24)20-22)48-9-7-6-8-10-49-33-18-28-26(16-31(33)47-4)35(43)40-21-23(2)14-29(40)36(44)41(28)37(45)50-11-12-52-51-5/h14-18,24-25,30,37,45H,1-2,7-13,19-21H2,3-6H3;15-19,24,29,36,44H,1-2,6-14,20-21H2,3-5H3/t24?,25-,30?,37?;24-,29?,36?/m11/s1. The molecule has 30 heteroatoms. The minimum Gasteiger partial charge on any atom is -0.493 e. The minimum atomic E-state index is -1.36. The highest BCUT2D eigenvalue weighted by Gasteiger charge is 2.49. The van der Waals surface area contributed by atoms with E-state index in [-0.39, 0.29) is 89.8 Å². The first kappa shape index (κ1) is 77.4. The second-order valence-corrected chi connectivity index (χ2v) is 31.9. The molecule has 26 nitrogen and oxygen atoms in total. The van der Waals surface area contributed by atoms with Gasteiger partial charge in [-0.05, 0) is 108 Å². The number of ether oxygens (including phenoxy) is 10. The number of aliphatic imine (C=N–C) groups is 2. The first-order valence-electron chi connectivity index (χ1n) is 34.7. The Balaban J connectivity index is 0.000000210. The second-order valence-electron chi connectivity index (χ2n) is 26.3. The summed E-state index contributed by atoms with van der Waals surface area (Å²) in [4.78, 5) is 99.2. The van der Waals surface area contributed by atoms with E-state index in [0.717, 1.165) is 44.9 Å². The average Bonchev–Trinajstić information content (AvgIpc) is 1.63. The van der Waals surface area contributed by atoms with Crippen molar-refractivity contribution in [2.75, 3.05) is 122 Å². The van der Waals surface area contributed by atoms with E-state index in [1.165, 1.54) is 14.2 Å². The van der Waals surface area contributed by atoms with E-state index in [9.17, 15) is 39.0 Å². The summed E-state index contributed by atoms with van der Waals surface area (Å²) in [6.07, 6.45) is 9.68. The summed E-state index contributed by atoms with van der Waals surface area (Å²) in [6.45, 7) is 21.3. The Morgan fingerprint density at radius 2 is 0.838 bits per heavy atom. The van der Waals surface area contributed by atoms with Crippen molar-refractivity contribution in [2.24, 2.45) is 9.98 Å². The van der Waals surface area contributed by atoms with Crippen molar-refractivity contribution in [3.05, 3.63) is 119 Å². The minimum absolute atomic E-state index is 0.0196. The smallest absolute Gasteiger partial charge is 0.416 e. The van der Waals surface area contributed by atoms with E-state index in [4.69, 9.17) is 47.4 Å². The molecule has 0 aromatic heterocycles. The highest BCUT2D eigenvalue weighted by Crippen LogP contribution is 2.46. The number of aliphatic hydroxyl groups excluding tert-OH is 2. The molecule has 105 heavy (non-hydrogen) atoms. The number of fused-ring (bicyclic) bond motifs is 8. The van der Waals surface area contributed by atoms with Crippen molar-refractivity contribution >= 4 is 114 Å². The molecule has 12 rings (SSSR count). The van der Waals surface area contributed by atoms with Gasteiger partial charge in [-0.1, -0.05) is 91.8 Å². The molecule has 8 aliphatic rings. The SMILES string of the molecule is C=C1CC2C(O)N(C(=O)OCC(C)SSC)c3cc(OCCCCCOc4cc5c(cc4OC)C(=O)N4CC(=C)C[C@@H]4C=N5)c(OC)cc3C(=O)N2C1.C=C1CC2C(O)N(C(=O)OCCSSC)c3cc(OCCCCCOc4cc5c(cc4OC)C(=O)N4CC(=C)C[C@@H]4C=N5)c(OC)cc3C(=O)N2C1. The van der Waals surface area contributed by atoms with E-state index in [2.05, 4.69) is 36.3 Å². The van der Waals surface area contributed by atoms with Crippen LogP contribution in [0.3, 0.4) is 0 Å². The third-order valence-corrected chi connectivity index (χ3v) is 23.0. The molecule has 4 aromatic rings. The molecule has 0 saturated carbocycles. The Kier molecular flexibility index (Phi) is 25.9. The summed E-state index contributed by atoms with van der Waals surface area (Å²) < 4.78 is 58.0. The Morgan fingerprint density at radius 3 is 1.23 bits per heavy atom. The molecule has 562 valence electrons. The predicted molar refractivity (Wildman–Crippen MR) is 408 cm³/mol. The number of rotatable bonds is 28. The maximum absolute atomic E-state index is 13.8. The van der Waals surface area contributed by atoms with Gasteiger partial charge in [0.2, 0.25) is 0 Å². The maximum Gasteiger partial charge on any atom is 0.416 e. The summed E-state index contributed by atoms with van der Waals surface area (Å²) in [5.74, 6) is 2.94. The lowest BCUT2D eigenvalue weighted by Gasteiger charge is -2.31. The number of carbonyl (C=O) groups is 6. The molecular formula is C75H90N8O18S4. The number of nitrogens with zero attached hydrogens (tertiary/aromatic N) is 8. The fraction of sp³-hybridized carbons (Fsp3) is 0.467. The normalized spacial score (nSPS) is 20.8. The van der Waals surface area contributed by atoms with Gasteiger partial charge in [-0.3, -0.25) is 29.2 Å². The Hall–Kier alpha value is -8.68. The topological polar surface area (TPSA) is 279 Å². The van der Waals surface area contributed by atoms with Crippen LogP contribution >= 0.6 is 43.2 Å². The zero-order valence-corrected chi connectivity index (χ0v) is 63.4. The van der Waals surface area contributed by atoms with Crippen molar-refractivity contribution in [3.8, 4) is 46.0 Å². The number of hydrogen-bond donors (Lipinski definition) is 2. The van der Waals surface area contributed by atoms with Crippen LogP contribution in [0.5, 0.6) is 46.0 Å². The van der Waals surface area contributed by atoms with Gasteiger partial charge in [0.05, 0.1) is 124 Å². The predicted octanol–water partition coefficient (Wildman–Crippen LogP) is 12.1. The van der Waals surface area contributed by atoms with Crippen LogP contribution in [0.25, 0.3) is 0 Å². The van der Waals surface area contributed by atoms with Crippen LogP contribution in [0.1, 0.15) is 113 Å². The van der Waals surface area contributed by atoms with Crippen molar-refractivity contribution in [1.82, 2.24) is 19.6 Å². The third-order valence-electron chi connectivity index (χ3n) is 19.0. The fourth-order valence-corrected chi connectivity index (χ4v) is 16.5. The first-order chi connectivity index (χ1) is 50.7. The van der Waals surface area contributed by atoms with Gasteiger partial charge in [-0.25, -0.2) is 19.4 Å². The number of aliphatic hydroxyl groups is 2. The summed E-state index contributed by atoms with van der Waals surface area (Å²) in [6, 6.07) is 11.6. The van der Waals surface area contributed by atoms with Crippen LogP contribution in [0.15, 0.2) is 107 Å². The van der Waals surface area contributed by atoms with E-state index >= 15 is 0 Å². The molecule has 0 radical (unpaired) electrons. The molecule has 4 aromatic carbocycles. The van der Waals surface area contributed by atoms with Crippen LogP contribution in [-0.2, 0) is 9.47 Å². The number of hydrogen-bond acceptors (Lipinski definition) is 24. The molecular weight excluding hydrogens is 1430 g/mol. The largest absolute Gasteiger partial charge is 0.493 e. The zero-order chi connectivity index (χ0) is 74.8.